The van der Waals surface area contributed by atoms with E-state index < -0.39 is 0 Å². The van der Waals surface area contributed by atoms with E-state index in [0.717, 1.165) is 39.1 Å². The molecule has 3 aliphatic rings. The van der Waals surface area contributed by atoms with E-state index in [0.29, 0.717) is 29.8 Å². The monoisotopic (exact) mass is 344 g/mol. The summed E-state index contributed by atoms with van der Waals surface area (Å²) in [6.07, 6.45) is 7.36. The molecule has 0 bridgehead atoms. The van der Waals surface area contributed by atoms with Gasteiger partial charge >= 0.3 is 0 Å². The van der Waals surface area contributed by atoms with Gasteiger partial charge in [0.25, 0.3) is 0 Å². The molecular weight excluding hydrogens is 312 g/mol. The highest BCUT2D eigenvalue weighted by molar-refractivity contribution is 5.85. The van der Waals surface area contributed by atoms with Crippen molar-refractivity contribution in [2.75, 3.05) is 26.2 Å². The number of carbonyl (C=O) groups is 1. The Bertz CT molecular complexity index is 404. The van der Waals surface area contributed by atoms with Crippen LogP contribution in [0.3, 0.4) is 0 Å². The largest absolute Gasteiger partial charge is 0.378 e. The summed E-state index contributed by atoms with van der Waals surface area (Å²) >= 11 is 0. The molecule has 1 amide bonds. The second kappa shape index (κ2) is 8.17. The number of amides is 1. The number of halogens is 1. The van der Waals surface area contributed by atoms with Crippen LogP contribution < -0.4 is 10.6 Å². The van der Waals surface area contributed by atoms with Crippen LogP contribution >= 0.6 is 12.4 Å². The molecule has 0 aromatic carbocycles. The molecule has 2 heterocycles. The number of carbonyl (C=O) groups excluding carboxylic acids is 1. The van der Waals surface area contributed by atoms with Crippen LogP contribution in [0.25, 0.3) is 0 Å². The zero-order chi connectivity index (χ0) is 15.6. The van der Waals surface area contributed by atoms with Crippen molar-refractivity contribution < 1.29 is 9.53 Å². The fourth-order valence-electron chi connectivity index (χ4n) is 4.91. The van der Waals surface area contributed by atoms with E-state index in [-0.39, 0.29) is 17.8 Å². The maximum atomic E-state index is 12.9. The van der Waals surface area contributed by atoms with Gasteiger partial charge in [-0.3, -0.25) is 4.79 Å². The highest BCUT2D eigenvalue weighted by atomic mass is 35.5. The first-order chi connectivity index (χ1) is 10.6. The molecule has 3 rings (SSSR count). The smallest absolute Gasteiger partial charge is 0.227 e. The Labute approximate surface area is 146 Å². The lowest BCUT2D eigenvalue weighted by atomic mass is 9.67. The summed E-state index contributed by atoms with van der Waals surface area (Å²) in [5, 5.41) is 6.78. The van der Waals surface area contributed by atoms with E-state index in [4.69, 9.17) is 4.74 Å². The van der Waals surface area contributed by atoms with Crippen molar-refractivity contribution in [3.63, 3.8) is 0 Å². The molecular formula is C18H33ClN2O2. The Morgan fingerprint density at radius 3 is 2.91 bits per heavy atom. The maximum Gasteiger partial charge on any atom is 0.227 e. The van der Waals surface area contributed by atoms with Crippen LogP contribution in [0.1, 0.15) is 52.4 Å². The fourth-order valence-corrected chi connectivity index (χ4v) is 4.91. The quantitative estimate of drug-likeness (QED) is 0.824. The Morgan fingerprint density at radius 2 is 2.13 bits per heavy atom. The Hall–Kier alpha value is -0.320. The lowest BCUT2D eigenvalue weighted by molar-refractivity contribution is -0.135. The molecule has 4 nitrogen and oxygen atoms in total. The molecule has 4 atom stereocenters. The van der Waals surface area contributed by atoms with Crippen LogP contribution in [0.15, 0.2) is 0 Å². The fraction of sp³-hybridized carbons (Fsp3) is 0.944. The minimum absolute atomic E-state index is 0. The Balaban J connectivity index is 0.00000192. The maximum absolute atomic E-state index is 12.9. The third kappa shape index (κ3) is 3.85. The van der Waals surface area contributed by atoms with Gasteiger partial charge in [-0.2, -0.15) is 0 Å². The van der Waals surface area contributed by atoms with Crippen LogP contribution in [0, 0.1) is 23.2 Å². The van der Waals surface area contributed by atoms with Crippen molar-refractivity contribution in [3.8, 4) is 0 Å². The van der Waals surface area contributed by atoms with Crippen LogP contribution in [0.4, 0.5) is 0 Å². The number of nitrogens with one attached hydrogen (secondary N) is 2. The number of fused-ring (bicyclic) bond motifs is 1. The molecule has 2 N–H and O–H groups in total. The lowest BCUT2D eigenvalue weighted by Gasteiger charge is -2.39. The lowest BCUT2D eigenvalue weighted by Crippen LogP contribution is -2.50. The minimum Gasteiger partial charge on any atom is -0.378 e. The van der Waals surface area contributed by atoms with Gasteiger partial charge in [-0.25, -0.2) is 0 Å². The normalized spacial score (nSPS) is 37.1. The van der Waals surface area contributed by atoms with Gasteiger partial charge in [-0.15, -0.1) is 12.4 Å². The molecule has 2 aliphatic heterocycles. The van der Waals surface area contributed by atoms with Crippen molar-refractivity contribution in [3.05, 3.63) is 0 Å². The molecule has 5 heteroatoms. The van der Waals surface area contributed by atoms with Gasteiger partial charge in [-0.05, 0) is 44.1 Å². The topological polar surface area (TPSA) is 50.4 Å². The van der Waals surface area contributed by atoms with Crippen molar-refractivity contribution in [2.24, 2.45) is 23.2 Å². The first-order valence-electron chi connectivity index (χ1n) is 9.24. The summed E-state index contributed by atoms with van der Waals surface area (Å²) in [7, 11) is 0. The number of hydrogen-bond acceptors (Lipinski definition) is 3. The van der Waals surface area contributed by atoms with Crippen LogP contribution in [-0.4, -0.2) is 38.3 Å². The predicted molar refractivity (Wildman–Crippen MR) is 94.8 cm³/mol. The molecule has 0 aromatic rings. The summed E-state index contributed by atoms with van der Waals surface area (Å²) < 4.78 is 5.95. The molecule has 3 fully saturated rings. The second-order valence-electron chi connectivity index (χ2n) is 7.92. The third-order valence-corrected chi connectivity index (χ3v) is 6.17. The van der Waals surface area contributed by atoms with E-state index in [2.05, 4.69) is 24.5 Å². The van der Waals surface area contributed by atoms with Crippen molar-refractivity contribution in [1.82, 2.24) is 10.6 Å². The molecule has 2 saturated heterocycles. The Morgan fingerprint density at radius 1 is 1.30 bits per heavy atom. The van der Waals surface area contributed by atoms with Gasteiger partial charge in [-0.1, -0.05) is 26.7 Å². The first-order valence-corrected chi connectivity index (χ1v) is 9.24. The zero-order valence-corrected chi connectivity index (χ0v) is 15.4. The highest BCUT2D eigenvalue weighted by Crippen LogP contribution is 2.44. The highest BCUT2D eigenvalue weighted by Gasteiger charge is 2.49. The molecule has 0 spiro atoms. The number of rotatable bonds is 4. The van der Waals surface area contributed by atoms with E-state index in [1.54, 1.807) is 0 Å². The second-order valence-corrected chi connectivity index (χ2v) is 7.92. The molecule has 1 saturated carbocycles. The first kappa shape index (κ1) is 19.0. The molecule has 0 radical (unpaired) electrons. The van der Waals surface area contributed by atoms with Gasteiger partial charge in [0.15, 0.2) is 0 Å². The van der Waals surface area contributed by atoms with Crippen LogP contribution in [0.5, 0.6) is 0 Å². The summed E-state index contributed by atoms with van der Waals surface area (Å²) in [5.74, 6) is 1.85. The van der Waals surface area contributed by atoms with Gasteiger partial charge in [0.2, 0.25) is 5.91 Å². The van der Waals surface area contributed by atoms with Gasteiger partial charge in [0.05, 0.1) is 11.5 Å². The number of ether oxygens (including phenoxy) is 1. The van der Waals surface area contributed by atoms with E-state index in [9.17, 15) is 4.79 Å². The van der Waals surface area contributed by atoms with E-state index in [1.165, 1.54) is 25.7 Å². The van der Waals surface area contributed by atoms with Gasteiger partial charge < -0.3 is 15.4 Å². The van der Waals surface area contributed by atoms with E-state index in [1.807, 2.05) is 0 Å². The average Bonchev–Trinajstić information content (AvgIpc) is 2.98. The molecule has 0 aromatic heterocycles. The third-order valence-electron chi connectivity index (χ3n) is 6.17. The van der Waals surface area contributed by atoms with Crippen molar-refractivity contribution >= 4 is 18.3 Å². The summed E-state index contributed by atoms with van der Waals surface area (Å²) in [4.78, 5) is 12.9. The predicted octanol–water partition coefficient (Wildman–Crippen LogP) is 2.76. The van der Waals surface area contributed by atoms with Crippen molar-refractivity contribution in [2.45, 2.75) is 58.5 Å². The van der Waals surface area contributed by atoms with Crippen LogP contribution in [0.2, 0.25) is 0 Å². The minimum atomic E-state index is -0.124. The average molecular weight is 345 g/mol. The molecule has 2 unspecified atom stereocenters. The van der Waals surface area contributed by atoms with Gasteiger partial charge in [0.1, 0.15) is 0 Å². The SMILES string of the molecule is CC(C)C1OCCCC1CNC(=O)[C@@]12CCCC[C@H]1CNC2.Cl. The summed E-state index contributed by atoms with van der Waals surface area (Å²) in [6.45, 7) is 8.01. The molecule has 134 valence electrons. The summed E-state index contributed by atoms with van der Waals surface area (Å²) in [5.41, 5.74) is -0.124. The molecule has 23 heavy (non-hydrogen) atoms. The standard InChI is InChI=1S/C18H32N2O2.ClH/c1-13(2)16-14(6-5-9-22-16)10-20-17(21)18-8-4-3-7-15(18)11-19-12-18;/h13-16,19H,3-12H2,1-2H3,(H,20,21);1H/t14?,15-,16?,18+;/m0./s1. The van der Waals surface area contributed by atoms with Gasteiger partial charge in [0, 0.05) is 25.6 Å². The summed E-state index contributed by atoms with van der Waals surface area (Å²) in [6, 6.07) is 0. The van der Waals surface area contributed by atoms with Crippen molar-refractivity contribution in [1.29, 1.82) is 0 Å². The van der Waals surface area contributed by atoms with E-state index >= 15 is 0 Å². The number of hydrogen-bond donors (Lipinski definition) is 2. The van der Waals surface area contributed by atoms with Crippen LogP contribution in [-0.2, 0) is 9.53 Å². The zero-order valence-electron chi connectivity index (χ0n) is 14.6. The Kier molecular flexibility index (Phi) is 6.76. The molecule has 1 aliphatic carbocycles.